The summed E-state index contributed by atoms with van der Waals surface area (Å²) in [5, 5.41) is 12.5. The van der Waals surface area contributed by atoms with E-state index in [1.807, 2.05) is 13.8 Å². The molecule has 1 aromatic carbocycles. The van der Waals surface area contributed by atoms with Gasteiger partial charge in [-0.1, -0.05) is 6.42 Å². The molecule has 1 fully saturated rings. The van der Waals surface area contributed by atoms with E-state index in [9.17, 15) is 14.4 Å². The molecule has 1 aromatic heterocycles. The van der Waals surface area contributed by atoms with Gasteiger partial charge >= 0.3 is 0 Å². The SMILES string of the molecule is Cc1c(C#N)c(NC(=O)CN2CCCCC2)n(-c2ccc(F)cc2)c1C. The minimum atomic E-state index is -0.327. The number of aromatic nitrogens is 1. The van der Waals surface area contributed by atoms with Gasteiger partial charge in [-0.2, -0.15) is 5.26 Å². The number of nitriles is 1. The van der Waals surface area contributed by atoms with Gasteiger partial charge in [0, 0.05) is 11.4 Å². The number of hydrogen-bond acceptors (Lipinski definition) is 3. The zero-order valence-electron chi connectivity index (χ0n) is 15.2. The molecule has 0 bridgehead atoms. The molecular weight excluding hydrogens is 331 g/mol. The normalized spacial score (nSPS) is 14.8. The molecule has 0 aliphatic carbocycles. The number of likely N-dealkylation sites (tertiary alicyclic amines) is 1. The van der Waals surface area contributed by atoms with E-state index in [-0.39, 0.29) is 11.7 Å². The van der Waals surface area contributed by atoms with Gasteiger partial charge in [0.15, 0.2) is 0 Å². The number of anilines is 1. The molecular formula is C20H23FN4O. The topological polar surface area (TPSA) is 61.1 Å². The number of carbonyl (C=O) groups excluding carboxylic acids is 1. The average molecular weight is 354 g/mol. The number of nitrogens with zero attached hydrogens (tertiary/aromatic N) is 3. The van der Waals surface area contributed by atoms with E-state index >= 15 is 0 Å². The third-order valence-corrected chi connectivity index (χ3v) is 4.98. The van der Waals surface area contributed by atoms with E-state index in [4.69, 9.17) is 0 Å². The molecule has 1 N–H and O–H groups in total. The van der Waals surface area contributed by atoms with Crippen molar-refractivity contribution >= 4 is 11.7 Å². The minimum Gasteiger partial charge on any atom is -0.310 e. The molecule has 5 nitrogen and oxygen atoms in total. The van der Waals surface area contributed by atoms with Crippen molar-refractivity contribution in [2.75, 3.05) is 25.0 Å². The van der Waals surface area contributed by atoms with Crippen LogP contribution >= 0.6 is 0 Å². The third kappa shape index (κ3) is 3.63. The number of nitrogens with one attached hydrogen (secondary N) is 1. The predicted octanol–water partition coefficient (Wildman–Crippen LogP) is 3.53. The molecule has 1 amide bonds. The summed E-state index contributed by atoms with van der Waals surface area (Å²) in [5.41, 5.74) is 2.81. The Morgan fingerprint density at radius 3 is 2.46 bits per heavy atom. The maximum Gasteiger partial charge on any atom is 0.239 e. The highest BCUT2D eigenvalue weighted by Crippen LogP contribution is 2.30. The smallest absolute Gasteiger partial charge is 0.239 e. The molecule has 0 saturated carbocycles. The summed E-state index contributed by atoms with van der Waals surface area (Å²) >= 11 is 0. The molecule has 0 unspecified atom stereocenters. The molecule has 2 heterocycles. The highest BCUT2D eigenvalue weighted by Gasteiger charge is 2.22. The van der Waals surface area contributed by atoms with Crippen LogP contribution in [0, 0.1) is 31.0 Å². The molecule has 1 aliphatic heterocycles. The van der Waals surface area contributed by atoms with E-state index in [0.717, 1.165) is 37.2 Å². The quantitative estimate of drug-likeness (QED) is 0.914. The third-order valence-electron chi connectivity index (χ3n) is 4.98. The summed E-state index contributed by atoms with van der Waals surface area (Å²) < 4.78 is 15.1. The Morgan fingerprint density at radius 2 is 1.85 bits per heavy atom. The lowest BCUT2D eigenvalue weighted by molar-refractivity contribution is -0.117. The second-order valence-corrected chi connectivity index (χ2v) is 6.74. The zero-order chi connectivity index (χ0) is 18.7. The van der Waals surface area contributed by atoms with Crippen LogP contribution in [-0.4, -0.2) is 35.0 Å². The van der Waals surface area contributed by atoms with Gasteiger partial charge in [-0.25, -0.2) is 4.39 Å². The van der Waals surface area contributed by atoms with Gasteiger partial charge in [0.25, 0.3) is 0 Å². The monoisotopic (exact) mass is 354 g/mol. The van der Waals surface area contributed by atoms with Gasteiger partial charge in [0.2, 0.25) is 5.91 Å². The summed E-state index contributed by atoms with van der Waals surface area (Å²) in [6, 6.07) is 8.22. The molecule has 0 spiro atoms. The number of halogens is 1. The van der Waals surface area contributed by atoms with Crippen LogP contribution < -0.4 is 5.32 Å². The number of rotatable bonds is 4. The summed E-state index contributed by atoms with van der Waals surface area (Å²) in [6.07, 6.45) is 3.43. The van der Waals surface area contributed by atoms with E-state index < -0.39 is 0 Å². The van der Waals surface area contributed by atoms with Crippen LogP contribution in [0.25, 0.3) is 5.69 Å². The fraction of sp³-hybridized carbons (Fsp3) is 0.400. The molecule has 1 saturated heterocycles. The highest BCUT2D eigenvalue weighted by atomic mass is 19.1. The number of carbonyl (C=O) groups is 1. The van der Waals surface area contributed by atoms with Crippen LogP contribution in [0.1, 0.15) is 36.1 Å². The Kier molecular flexibility index (Phi) is 5.38. The first-order valence-corrected chi connectivity index (χ1v) is 8.91. The standard InChI is InChI=1S/C20H23FN4O/c1-14-15(2)25(17-8-6-16(21)7-9-17)20(18(14)12-22)23-19(26)13-24-10-4-3-5-11-24/h6-9H,3-5,10-11,13H2,1-2H3,(H,23,26). The van der Waals surface area contributed by atoms with Crippen LogP contribution in [0.2, 0.25) is 0 Å². The Labute approximate surface area is 153 Å². The lowest BCUT2D eigenvalue weighted by Crippen LogP contribution is -2.37. The Balaban J connectivity index is 1.92. The van der Waals surface area contributed by atoms with Crippen molar-refractivity contribution in [2.24, 2.45) is 0 Å². The van der Waals surface area contributed by atoms with Crippen LogP contribution in [0.5, 0.6) is 0 Å². The number of amides is 1. The molecule has 26 heavy (non-hydrogen) atoms. The van der Waals surface area contributed by atoms with E-state index in [1.54, 1.807) is 16.7 Å². The van der Waals surface area contributed by atoms with Crippen molar-refractivity contribution in [2.45, 2.75) is 33.1 Å². The summed E-state index contributed by atoms with van der Waals surface area (Å²) in [4.78, 5) is 14.7. The first-order chi connectivity index (χ1) is 12.5. The maximum atomic E-state index is 13.3. The molecule has 0 atom stereocenters. The summed E-state index contributed by atoms with van der Waals surface area (Å²) in [6.45, 7) is 5.91. The number of hydrogen-bond donors (Lipinski definition) is 1. The fourth-order valence-corrected chi connectivity index (χ4v) is 3.47. The van der Waals surface area contributed by atoms with Gasteiger partial charge in [0.05, 0.1) is 12.1 Å². The zero-order valence-corrected chi connectivity index (χ0v) is 15.2. The lowest BCUT2D eigenvalue weighted by atomic mass is 10.1. The second kappa shape index (κ2) is 7.71. The summed E-state index contributed by atoms with van der Waals surface area (Å²) in [7, 11) is 0. The Morgan fingerprint density at radius 1 is 1.19 bits per heavy atom. The predicted molar refractivity (Wildman–Crippen MR) is 98.8 cm³/mol. The fourth-order valence-electron chi connectivity index (χ4n) is 3.47. The molecule has 0 radical (unpaired) electrons. The lowest BCUT2D eigenvalue weighted by Gasteiger charge is -2.25. The van der Waals surface area contributed by atoms with Crippen LogP contribution in [0.15, 0.2) is 24.3 Å². The van der Waals surface area contributed by atoms with Gasteiger partial charge in [-0.3, -0.25) is 14.3 Å². The largest absolute Gasteiger partial charge is 0.310 e. The summed E-state index contributed by atoms with van der Waals surface area (Å²) in [5.74, 6) is -0.00755. The van der Waals surface area contributed by atoms with Crippen molar-refractivity contribution in [1.82, 2.24) is 9.47 Å². The Hall–Kier alpha value is -2.65. The average Bonchev–Trinajstić information content (AvgIpc) is 2.86. The van der Waals surface area contributed by atoms with Crippen LogP contribution in [0.4, 0.5) is 10.2 Å². The Bertz CT molecular complexity index is 842. The van der Waals surface area contributed by atoms with Crippen molar-refractivity contribution < 1.29 is 9.18 Å². The minimum absolute atomic E-state index is 0.135. The first-order valence-electron chi connectivity index (χ1n) is 8.91. The second-order valence-electron chi connectivity index (χ2n) is 6.74. The van der Waals surface area contributed by atoms with Crippen molar-refractivity contribution in [3.05, 3.63) is 46.9 Å². The van der Waals surface area contributed by atoms with Gasteiger partial charge in [-0.15, -0.1) is 0 Å². The van der Waals surface area contributed by atoms with Crippen LogP contribution in [0.3, 0.4) is 0 Å². The molecule has 136 valence electrons. The van der Waals surface area contributed by atoms with E-state index in [2.05, 4.69) is 16.3 Å². The molecule has 3 rings (SSSR count). The van der Waals surface area contributed by atoms with Crippen LogP contribution in [-0.2, 0) is 4.79 Å². The van der Waals surface area contributed by atoms with Gasteiger partial charge < -0.3 is 5.32 Å². The van der Waals surface area contributed by atoms with E-state index in [1.165, 1.54) is 18.6 Å². The number of piperidine rings is 1. The molecule has 1 aliphatic rings. The highest BCUT2D eigenvalue weighted by molar-refractivity contribution is 5.93. The number of benzene rings is 1. The molecule has 6 heteroatoms. The van der Waals surface area contributed by atoms with Crippen molar-refractivity contribution in [3.8, 4) is 11.8 Å². The maximum absolute atomic E-state index is 13.3. The van der Waals surface area contributed by atoms with E-state index in [0.29, 0.717) is 23.6 Å². The first kappa shape index (κ1) is 18.2. The van der Waals surface area contributed by atoms with Crippen molar-refractivity contribution in [3.63, 3.8) is 0 Å². The molecule has 2 aromatic rings. The van der Waals surface area contributed by atoms with Gasteiger partial charge in [-0.05, 0) is 69.6 Å². The van der Waals surface area contributed by atoms with Crippen molar-refractivity contribution in [1.29, 1.82) is 5.26 Å². The van der Waals surface area contributed by atoms with Gasteiger partial charge in [0.1, 0.15) is 17.7 Å².